The third-order valence-electron chi connectivity index (χ3n) is 6.27. The predicted octanol–water partition coefficient (Wildman–Crippen LogP) is 3.24. The minimum Gasteiger partial charge on any atom is -0.375 e. The van der Waals surface area contributed by atoms with Crippen LogP contribution in [0.25, 0.3) is 0 Å². The summed E-state index contributed by atoms with van der Waals surface area (Å²) in [4.78, 5) is 17.0. The second-order valence-corrected chi connectivity index (χ2v) is 8.26. The fourth-order valence-electron chi connectivity index (χ4n) is 4.71. The van der Waals surface area contributed by atoms with Crippen LogP contribution in [0, 0.1) is 12.8 Å². The molecular formula is C24H30N2O2. The van der Waals surface area contributed by atoms with Crippen molar-refractivity contribution in [2.75, 3.05) is 39.9 Å². The molecule has 1 amide bonds. The molecule has 2 atom stereocenters. The lowest BCUT2D eigenvalue weighted by atomic mass is 9.87. The van der Waals surface area contributed by atoms with E-state index in [-0.39, 0.29) is 12.5 Å². The third-order valence-corrected chi connectivity index (χ3v) is 6.27. The highest BCUT2D eigenvalue weighted by atomic mass is 16.5. The second-order valence-electron chi connectivity index (χ2n) is 8.26. The summed E-state index contributed by atoms with van der Waals surface area (Å²) < 4.78 is 5.10. The van der Waals surface area contributed by atoms with Crippen molar-refractivity contribution < 1.29 is 9.53 Å². The number of fused-ring (bicyclic) bond motifs is 1. The Hall–Kier alpha value is -2.17. The average Bonchev–Trinajstić information content (AvgIpc) is 3.12. The molecule has 2 aromatic rings. The van der Waals surface area contributed by atoms with E-state index in [4.69, 9.17) is 4.74 Å². The van der Waals surface area contributed by atoms with Gasteiger partial charge in [0.05, 0.1) is 0 Å². The van der Waals surface area contributed by atoms with Crippen LogP contribution in [0.3, 0.4) is 0 Å². The molecule has 2 aliphatic rings. The van der Waals surface area contributed by atoms with Gasteiger partial charge in [-0.1, -0.05) is 54.1 Å². The third kappa shape index (κ3) is 4.13. The molecule has 2 heterocycles. The van der Waals surface area contributed by atoms with Gasteiger partial charge >= 0.3 is 0 Å². The number of ether oxygens (including phenoxy) is 1. The van der Waals surface area contributed by atoms with Crippen molar-refractivity contribution in [3.05, 3.63) is 70.8 Å². The standard InChI is InChI=1S/C24H30N2O2/c1-18-7-9-20(10-8-18)23-16-26(24(27)17-28-2)15-22(23)14-25-12-11-19-5-3-4-6-21(19)13-25/h3-10,22-23H,11-17H2,1-2H3. The van der Waals surface area contributed by atoms with Gasteiger partial charge in [-0.15, -0.1) is 0 Å². The Kier molecular flexibility index (Phi) is 5.79. The average molecular weight is 379 g/mol. The minimum absolute atomic E-state index is 0.103. The number of benzene rings is 2. The number of hydrogen-bond acceptors (Lipinski definition) is 3. The molecule has 28 heavy (non-hydrogen) atoms. The summed E-state index contributed by atoms with van der Waals surface area (Å²) >= 11 is 0. The van der Waals surface area contributed by atoms with E-state index in [9.17, 15) is 4.79 Å². The van der Waals surface area contributed by atoms with Gasteiger partial charge in [-0.2, -0.15) is 0 Å². The number of nitrogens with zero attached hydrogens (tertiary/aromatic N) is 2. The minimum atomic E-state index is 0.103. The molecule has 0 spiro atoms. The Bertz CT molecular complexity index is 818. The van der Waals surface area contributed by atoms with Gasteiger partial charge in [0.2, 0.25) is 5.91 Å². The molecule has 2 unspecified atom stereocenters. The molecule has 2 aromatic carbocycles. The highest BCUT2D eigenvalue weighted by molar-refractivity contribution is 5.78. The molecule has 1 fully saturated rings. The zero-order valence-electron chi connectivity index (χ0n) is 16.9. The molecule has 0 bridgehead atoms. The van der Waals surface area contributed by atoms with Crippen LogP contribution in [-0.2, 0) is 22.5 Å². The van der Waals surface area contributed by atoms with E-state index in [0.29, 0.717) is 11.8 Å². The van der Waals surface area contributed by atoms with Gasteiger partial charge in [0.25, 0.3) is 0 Å². The van der Waals surface area contributed by atoms with E-state index in [0.717, 1.165) is 39.1 Å². The molecule has 148 valence electrons. The summed E-state index contributed by atoms with van der Waals surface area (Å²) in [6, 6.07) is 17.6. The zero-order chi connectivity index (χ0) is 19.5. The van der Waals surface area contributed by atoms with Gasteiger partial charge in [0.1, 0.15) is 6.61 Å². The maximum atomic E-state index is 12.5. The topological polar surface area (TPSA) is 32.8 Å². The zero-order valence-corrected chi connectivity index (χ0v) is 16.9. The van der Waals surface area contributed by atoms with Gasteiger partial charge in [0.15, 0.2) is 0 Å². The normalized spacial score (nSPS) is 22.3. The van der Waals surface area contributed by atoms with Crippen LogP contribution in [-0.4, -0.2) is 55.6 Å². The molecule has 0 saturated carbocycles. The number of hydrogen-bond donors (Lipinski definition) is 0. The van der Waals surface area contributed by atoms with Crippen LogP contribution in [0.15, 0.2) is 48.5 Å². The predicted molar refractivity (Wildman–Crippen MR) is 111 cm³/mol. The van der Waals surface area contributed by atoms with E-state index in [1.54, 1.807) is 7.11 Å². The summed E-state index contributed by atoms with van der Waals surface area (Å²) in [5.74, 6) is 0.943. The number of rotatable bonds is 5. The van der Waals surface area contributed by atoms with Crippen molar-refractivity contribution >= 4 is 5.91 Å². The Morgan fingerprint density at radius 1 is 1.07 bits per heavy atom. The van der Waals surface area contributed by atoms with E-state index < -0.39 is 0 Å². The first-order chi connectivity index (χ1) is 13.6. The maximum absolute atomic E-state index is 12.5. The summed E-state index contributed by atoms with van der Waals surface area (Å²) in [6.07, 6.45) is 1.12. The fourth-order valence-corrected chi connectivity index (χ4v) is 4.71. The largest absolute Gasteiger partial charge is 0.375 e. The lowest BCUT2D eigenvalue weighted by Gasteiger charge is -2.32. The molecule has 4 nitrogen and oxygen atoms in total. The number of methoxy groups -OCH3 is 1. The number of aryl methyl sites for hydroxylation is 1. The van der Waals surface area contributed by atoms with E-state index >= 15 is 0 Å². The van der Waals surface area contributed by atoms with E-state index in [2.05, 4.69) is 60.4 Å². The molecule has 4 heteroatoms. The smallest absolute Gasteiger partial charge is 0.248 e. The van der Waals surface area contributed by atoms with Crippen LogP contribution >= 0.6 is 0 Å². The summed E-state index contributed by atoms with van der Waals surface area (Å²) in [5, 5.41) is 0. The highest BCUT2D eigenvalue weighted by Crippen LogP contribution is 2.34. The molecule has 4 rings (SSSR count). The van der Waals surface area contributed by atoms with Crippen molar-refractivity contribution in [3.8, 4) is 0 Å². The first-order valence-corrected chi connectivity index (χ1v) is 10.3. The Morgan fingerprint density at radius 2 is 1.82 bits per heavy atom. The maximum Gasteiger partial charge on any atom is 0.248 e. The Balaban J connectivity index is 1.50. The summed E-state index contributed by atoms with van der Waals surface area (Å²) in [6.45, 7) is 7.04. The Labute approximate surface area is 168 Å². The first kappa shape index (κ1) is 19.2. The van der Waals surface area contributed by atoms with Crippen LogP contribution in [0.5, 0.6) is 0 Å². The molecule has 2 aliphatic heterocycles. The van der Waals surface area contributed by atoms with Crippen LogP contribution < -0.4 is 0 Å². The molecular weight excluding hydrogens is 348 g/mol. The molecule has 1 saturated heterocycles. The monoisotopic (exact) mass is 378 g/mol. The lowest BCUT2D eigenvalue weighted by Crippen LogP contribution is -2.37. The van der Waals surface area contributed by atoms with Crippen LogP contribution in [0.4, 0.5) is 0 Å². The van der Waals surface area contributed by atoms with Gasteiger partial charge in [-0.25, -0.2) is 0 Å². The number of likely N-dealkylation sites (tertiary alicyclic amines) is 1. The second kappa shape index (κ2) is 8.46. The quantitative estimate of drug-likeness (QED) is 0.801. The van der Waals surface area contributed by atoms with Gasteiger partial charge in [0, 0.05) is 45.8 Å². The van der Waals surface area contributed by atoms with Crippen molar-refractivity contribution in [1.29, 1.82) is 0 Å². The number of carbonyl (C=O) groups is 1. The van der Waals surface area contributed by atoms with E-state index in [1.165, 1.54) is 22.3 Å². The number of carbonyl (C=O) groups excluding carboxylic acids is 1. The molecule has 0 aliphatic carbocycles. The van der Waals surface area contributed by atoms with Gasteiger partial charge in [-0.05, 0) is 36.0 Å². The van der Waals surface area contributed by atoms with Gasteiger partial charge < -0.3 is 9.64 Å². The van der Waals surface area contributed by atoms with Gasteiger partial charge in [-0.3, -0.25) is 9.69 Å². The molecule has 0 radical (unpaired) electrons. The summed E-state index contributed by atoms with van der Waals surface area (Å²) in [5.41, 5.74) is 5.56. The van der Waals surface area contributed by atoms with Crippen molar-refractivity contribution in [2.45, 2.75) is 25.8 Å². The van der Waals surface area contributed by atoms with Crippen molar-refractivity contribution in [2.24, 2.45) is 5.92 Å². The number of amides is 1. The highest BCUT2D eigenvalue weighted by Gasteiger charge is 2.37. The summed E-state index contributed by atoms with van der Waals surface area (Å²) in [7, 11) is 1.59. The first-order valence-electron chi connectivity index (χ1n) is 10.3. The SMILES string of the molecule is COCC(=O)N1CC(CN2CCc3ccccc3C2)C(c2ccc(C)cc2)C1. The van der Waals surface area contributed by atoms with E-state index in [1.807, 2.05) is 4.90 Å². The van der Waals surface area contributed by atoms with Crippen LogP contribution in [0.2, 0.25) is 0 Å². The Morgan fingerprint density at radius 3 is 2.57 bits per heavy atom. The van der Waals surface area contributed by atoms with Crippen molar-refractivity contribution in [3.63, 3.8) is 0 Å². The molecule has 0 aromatic heterocycles. The fraction of sp³-hybridized carbons (Fsp3) is 0.458. The van der Waals surface area contributed by atoms with Crippen LogP contribution in [0.1, 0.15) is 28.2 Å². The lowest BCUT2D eigenvalue weighted by molar-refractivity contribution is -0.134. The molecule has 0 N–H and O–H groups in total. The van der Waals surface area contributed by atoms with Crippen molar-refractivity contribution in [1.82, 2.24) is 9.80 Å².